The van der Waals surface area contributed by atoms with E-state index >= 15 is 0 Å². The van der Waals surface area contributed by atoms with Crippen molar-refractivity contribution in [1.82, 2.24) is 4.98 Å². The fourth-order valence-electron chi connectivity index (χ4n) is 4.52. The third-order valence-corrected chi connectivity index (χ3v) is 6.41. The van der Waals surface area contributed by atoms with E-state index in [0.29, 0.717) is 5.75 Å². The Kier molecular flexibility index (Phi) is 6.53. The van der Waals surface area contributed by atoms with Crippen LogP contribution in [0.1, 0.15) is 11.1 Å². The summed E-state index contributed by atoms with van der Waals surface area (Å²) in [5, 5.41) is 3.93. The first-order valence-electron chi connectivity index (χ1n) is 12.0. The van der Waals surface area contributed by atoms with Crippen molar-refractivity contribution in [2.24, 2.45) is 0 Å². The molecule has 1 aromatic heterocycles. The number of nitrogens with zero attached hydrogens (tertiary/aromatic N) is 3. The summed E-state index contributed by atoms with van der Waals surface area (Å²) >= 11 is 0. The summed E-state index contributed by atoms with van der Waals surface area (Å²) in [6, 6.07) is 26.4. The number of carbonyl (C=O) groups is 1. The number of piperazine rings is 1. The molecule has 3 aromatic carbocycles. The molecule has 0 spiro atoms. The van der Waals surface area contributed by atoms with Crippen molar-refractivity contribution in [2.45, 2.75) is 13.8 Å². The molecule has 0 bridgehead atoms. The minimum Gasteiger partial charge on any atom is -0.481 e. The molecule has 5 rings (SSSR count). The van der Waals surface area contributed by atoms with Gasteiger partial charge in [-0.2, -0.15) is 0 Å². The van der Waals surface area contributed by atoms with Crippen LogP contribution >= 0.6 is 0 Å². The monoisotopic (exact) mass is 466 g/mol. The van der Waals surface area contributed by atoms with Gasteiger partial charge in [0.1, 0.15) is 17.1 Å². The van der Waals surface area contributed by atoms with Crippen LogP contribution < -0.4 is 19.9 Å². The lowest BCUT2D eigenvalue weighted by Gasteiger charge is -2.36. The van der Waals surface area contributed by atoms with Crippen LogP contribution in [0.4, 0.5) is 17.2 Å². The van der Waals surface area contributed by atoms with E-state index in [4.69, 9.17) is 9.72 Å². The van der Waals surface area contributed by atoms with Gasteiger partial charge < -0.3 is 19.9 Å². The molecule has 1 saturated heterocycles. The molecule has 4 aromatic rings. The zero-order valence-corrected chi connectivity index (χ0v) is 20.2. The van der Waals surface area contributed by atoms with Gasteiger partial charge in [0.2, 0.25) is 0 Å². The molecule has 178 valence electrons. The summed E-state index contributed by atoms with van der Waals surface area (Å²) < 4.78 is 5.93. The zero-order valence-electron chi connectivity index (χ0n) is 20.2. The zero-order chi connectivity index (χ0) is 24.2. The van der Waals surface area contributed by atoms with E-state index in [2.05, 4.69) is 51.5 Å². The minimum atomic E-state index is -0.192. The van der Waals surface area contributed by atoms with Gasteiger partial charge in [-0.3, -0.25) is 4.79 Å². The van der Waals surface area contributed by atoms with Gasteiger partial charge in [-0.15, -0.1) is 0 Å². The summed E-state index contributed by atoms with van der Waals surface area (Å²) in [5.41, 5.74) is 5.03. The fourth-order valence-corrected chi connectivity index (χ4v) is 4.52. The second-order valence-electron chi connectivity index (χ2n) is 8.96. The number of rotatable bonds is 6. The molecule has 1 aliphatic rings. The lowest BCUT2D eigenvalue weighted by atomic mass is 10.1. The lowest BCUT2D eigenvalue weighted by Crippen LogP contribution is -2.46. The maximum atomic E-state index is 12.6. The number of hydrogen-bond donors (Lipinski definition) is 1. The first-order chi connectivity index (χ1) is 17.1. The molecule has 35 heavy (non-hydrogen) atoms. The van der Waals surface area contributed by atoms with E-state index in [1.165, 1.54) is 5.69 Å². The van der Waals surface area contributed by atoms with Crippen molar-refractivity contribution in [2.75, 3.05) is 47.9 Å². The Bertz CT molecular complexity index is 1330. The molecule has 1 N–H and O–H groups in total. The molecule has 2 heterocycles. The smallest absolute Gasteiger partial charge is 0.262 e. The van der Waals surface area contributed by atoms with Crippen LogP contribution in [0.2, 0.25) is 0 Å². The van der Waals surface area contributed by atoms with Crippen LogP contribution in [-0.2, 0) is 4.79 Å². The molecule has 0 atom stereocenters. The number of aryl methyl sites for hydroxylation is 2. The van der Waals surface area contributed by atoms with Gasteiger partial charge in [0.05, 0.1) is 0 Å². The Hall–Kier alpha value is -4.06. The Labute approximate surface area is 206 Å². The molecule has 0 unspecified atom stereocenters. The molecule has 0 radical (unpaired) electrons. The number of para-hydroxylation sites is 2. The van der Waals surface area contributed by atoms with Crippen LogP contribution in [0.25, 0.3) is 10.9 Å². The van der Waals surface area contributed by atoms with Crippen LogP contribution in [0, 0.1) is 13.8 Å². The molecule has 1 fully saturated rings. The Morgan fingerprint density at radius 3 is 2.43 bits per heavy atom. The fraction of sp³-hybridized carbons (Fsp3) is 0.241. The summed E-state index contributed by atoms with van der Waals surface area (Å²) in [5.74, 6) is 1.35. The van der Waals surface area contributed by atoms with Gasteiger partial charge >= 0.3 is 0 Å². The normalized spacial score (nSPS) is 13.7. The van der Waals surface area contributed by atoms with Crippen molar-refractivity contribution in [1.29, 1.82) is 0 Å². The molecular formula is C29H30N4O2. The van der Waals surface area contributed by atoms with Crippen molar-refractivity contribution in [3.8, 4) is 5.75 Å². The maximum absolute atomic E-state index is 12.6. The predicted octanol–water partition coefficient (Wildman–Crippen LogP) is 5.20. The maximum Gasteiger partial charge on any atom is 0.262 e. The minimum absolute atomic E-state index is 0.0753. The summed E-state index contributed by atoms with van der Waals surface area (Å²) in [4.78, 5) is 22.2. The highest BCUT2D eigenvalue weighted by Gasteiger charge is 2.19. The molecule has 1 aliphatic heterocycles. The molecule has 0 aliphatic carbocycles. The van der Waals surface area contributed by atoms with E-state index < -0.39 is 0 Å². The number of hydrogen-bond acceptors (Lipinski definition) is 5. The molecule has 6 heteroatoms. The number of ether oxygens (including phenoxy) is 1. The lowest BCUT2D eigenvalue weighted by molar-refractivity contribution is -0.118. The third-order valence-electron chi connectivity index (χ3n) is 6.41. The Balaban J connectivity index is 1.26. The summed E-state index contributed by atoms with van der Waals surface area (Å²) in [6.07, 6.45) is 0. The Morgan fingerprint density at radius 1 is 0.886 bits per heavy atom. The molecule has 6 nitrogen and oxygen atoms in total. The van der Waals surface area contributed by atoms with E-state index in [9.17, 15) is 4.79 Å². The van der Waals surface area contributed by atoms with Gasteiger partial charge in [0, 0.05) is 42.9 Å². The van der Waals surface area contributed by atoms with E-state index in [0.717, 1.165) is 59.7 Å². The first kappa shape index (κ1) is 22.7. The average Bonchev–Trinajstić information content (AvgIpc) is 2.89. The molecular weight excluding hydrogens is 436 g/mol. The highest BCUT2D eigenvalue weighted by Crippen LogP contribution is 2.27. The van der Waals surface area contributed by atoms with Gasteiger partial charge in [0.15, 0.2) is 6.61 Å². The quantitative estimate of drug-likeness (QED) is 0.424. The Morgan fingerprint density at radius 2 is 1.66 bits per heavy atom. The standard InChI is InChI=1S/C29H30N4O2/c1-21-11-13-25(22(2)19-21)30-28(34)20-35-26-10-6-7-23-12-14-27(31-29(23)26)33-17-15-32(16-18-33)24-8-4-3-5-9-24/h3-14,19H,15-18,20H2,1-2H3,(H,30,34). The largest absolute Gasteiger partial charge is 0.481 e. The SMILES string of the molecule is Cc1ccc(NC(=O)COc2cccc3ccc(N4CCN(c5ccccc5)CC4)nc23)c(C)c1. The second kappa shape index (κ2) is 10.1. The van der Waals surface area contributed by atoms with E-state index in [-0.39, 0.29) is 12.5 Å². The van der Waals surface area contributed by atoms with Gasteiger partial charge in [-0.1, -0.05) is 48.0 Å². The predicted molar refractivity (Wildman–Crippen MR) is 143 cm³/mol. The molecule has 1 amide bonds. The van der Waals surface area contributed by atoms with Crippen molar-refractivity contribution >= 4 is 34.0 Å². The van der Waals surface area contributed by atoms with Crippen molar-refractivity contribution < 1.29 is 9.53 Å². The number of nitrogens with one attached hydrogen (secondary N) is 1. The number of fused-ring (bicyclic) bond motifs is 1. The van der Waals surface area contributed by atoms with Gasteiger partial charge in [-0.05, 0) is 55.8 Å². The van der Waals surface area contributed by atoms with E-state index in [1.54, 1.807) is 0 Å². The summed E-state index contributed by atoms with van der Waals surface area (Å²) in [7, 11) is 0. The topological polar surface area (TPSA) is 57.7 Å². The number of carbonyl (C=O) groups excluding carboxylic acids is 1. The number of anilines is 3. The van der Waals surface area contributed by atoms with Gasteiger partial charge in [-0.25, -0.2) is 4.98 Å². The third kappa shape index (κ3) is 5.22. The summed E-state index contributed by atoms with van der Waals surface area (Å²) in [6.45, 7) is 7.63. The van der Waals surface area contributed by atoms with E-state index in [1.807, 2.05) is 56.3 Å². The van der Waals surface area contributed by atoms with Crippen LogP contribution in [0.5, 0.6) is 5.75 Å². The number of amides is 1. The first-order valence-corrected chi connectivity index (χ1v) is 12.0. The van der Waals surface area contributed by atoms with Crippen molar-refractivity contribution in [3.63, 3.8) is 0 Å². The average molecular weight is 467 g/mol. The van der Waals surface area contributed by atoms with Crippen LogP contribution in [0.15, 0.2) is 78.9 Å². The number of aromatic nitrogens is 1. The van der Waals surface area contributed by atoms with Crippen LogP contribution in [0.3, 0.4) is 0 Å². The van der Waals surface area contributed by atoms with Gasteiger partial charge in [0.25, 0.3) is 5.91 Å². The molecule has 0 saturated carbocycles. The van der Waals surface area contributed by atoms with Crippen LogP contribution in [-0.4, -0.2) is 43.7 Å². The van der Waals surface area contributed by atoms with Crippen molar-refractivity contribution in [3.05, 3.63) is 90.0 Å². The highest BCUT2D eigenvalue weighted by molar-refractivity contribution is 5.93. The number of pyridine rings is 1. The number of benzene rings is 3. The highest BCUT2D eigenvalue weighted by atomic mass is 16.5. The second-order valence-corrected chi connectivity index (χ2v) is 8.96.